The highest BCUT2D eigenvalue weighted by Gasteiger charge is 2.47. The zero-order valence-electron chi connectivity index (χ0n) is 27.0. The van der Waals surface area contributed by atoms with Crippen LogP contribution in [0.3, 0.4) is 0 Å². The molecule has 7 heteroatoms. The lowest BCUT2D eigenvalue weighted by Gasteiger charge is -2.29. The Labute approximate surface area is 286 Å². The van der Waals surface area contributed by atoms with Gasteiger partial charge in [0, 0.05) is 48.7 Å². The Morgan fingerprint density at radius 3 is 1.46 bits per heavy atom. The molecule has 0 bridgehead atoms. The summed E-state index contributed by atoms with van der Waals surface area (Å²) in [5.41, 5.74) is 3.87. The summed E-state index contributed by atoms with van der Waals surface area (Å²) >= 11 is 0. The van der Waals surface area contributed by atoms with E-state index in [1.54, 1.807) is 60.7 Å². The van der Waals surface area contributed by atoms with Gasteiger partial charge in [0.2, 0.25) is 0 Å². The second-order valence-corrected chi connectivity index (χ2v) is 11.8. The van der Waals surface area contributed by atoms with Crippen molar-refractivity contribution in [1.82, 2.24) is 0 Å². The molecule has 0 aliphatic rings. The van der Waals surface area contributed by atoms with Crippen molar-refractivity contribution in [2.24, 2.45) is 0 Å². The fraction of sp³-hybridized carbons (Fsp3) is 0.122. The smallest absolute Gasteiger partial charge is 0.292 e. The first-order valence-corrected chi connectivity index (χ1v) is 16.7. The SMILES string of the molecule is C=CCN(CC=C)c1ccc(C(=CC=CC(O[Cl+3]([O-])([O-])[O-])(c2ccccc2)c2ccc(N(CC=C)CC=C)cc2)c2ccccc2)cc1. The molecule has 0 N–H and O–H groups in total. The normalized spacial score (nSPS) is 13.0. The number of hydrogen-bond donors (Lipinski definition) is 0. The minimum Gasteiger partial charge on any atom is -0.364 e. The number of nitrogens with zero attached hydrogens (tertiary/aromatic N) is 2. The monoisotopic (exact) mass is 660 g/mol. The van der Waals surface area contributed by atoms with Crippen LogP contribution in [0.25, 0.3) is 5.57 Å². The highest BCUT2D eigenvalue weighted by molar-refractivity contribution is 5.81. The maximum absolute atomic E-state index is 12.4. The number of benzene rings is 4. The molecule has 0 saturated carbocycles. The van der Waals surface area contributed by atoms with Gasteiger partial charge >= 0.3 is 0 Å². The molecule has 48 heavy (non-hydrogen) atoms. The van der Waals surface area contributed by atoms with Gasteiger partial charge in [0.05, 0.1) is 14.5 Å². The number of anilines is 2. The molecule has 1 unspecified atom stereocenters. The maximum Gasteiger partial charge on any atom is 0.292 e. The van der Waals surface area contributed by atoms with Crippen molar-refractivity contribution < 1.29 is 28.5 Å². The van der Waals surface area contributed by atoms with E-state index in [0.717, 1.165) is 28.1 Å². The average Bonchev–Trinajstić information content (AvgIpc) is 3.10. The molecule has 0 radical (unpaired) electrons. The number of halogens is 1. The van der Waals surface area contributed by atoms with Crippen molar-refractivity contribution in [3.63, 3.8) is 0 Å². The molecule has 1 atom stereocenters. The predicted molar refractivity (Wildman–Crippen MR) is 189 cm³/mol. The van der Waals surface area contributed by atoms with Crippen LogP contribution in [0.1, 0.15) is 22.3 Å². The molecule has 0 amide bonds. The minimum absolute atomic E-state index is 0.460. The van der Waals surface area contributed by atoms with Gasteiger partial charge in [-0.05, 0) is 47.0 Å². The molecule has 0 saturated heterocycles. The largest absolute Gasteiger partial charge is 0.364 e. The van der Waals surface area contributed by atoms with E-state index in [-0.39, 0.29) is 0 Å². The molecule has 4 aromatic carbocycles. The molecule has 0 aliphatic heterocycles. The summed E-state index contributed by atoms with van der Waals surface area (Å²) in [6.07, 6.45) is 12.5. The Kier molecular flexibility index (Phi) is 12.9. The predicted octanol–water partition coefficient (Wildman–Crippen LogP) is 5.89. The fourth-order valence-electron chi connectivity index (χ4n) is 5.53. The second kappa shape index (κ2) is 17.3. The van der Waals surface area contributed by atoms with Crippen molar-refractivity contribution in [3.8, 4) is 0 Å². The summed E-state index contributed by atoms with van der Waals surface area (Å²) < 4.78 is 42.6. The van der Waals surface area contributed by atoms with Gasteiger partial charge in [0.15, 0.2) is 0 Å². The number of rotatable bonds is 18. The van der Waals surface area contributed by atoms with Crippen LogP contribution in [-0.2, 0) is 9.89 Å². The van der Waals surface area contributed by atoms with E-state index in [4.69, 9.17) is 4.29 Å². The Bertz CT molecular complexity index is 1680. The Morgan fingerprint density at radius 2 is 1.00 bits per heavy atom. The van der Waals surface area contributed by atoms with Crippen LogP contribution in [0, 0.1) is 10.2 Å². The number of hydrogen-bond acceptors (Lipinski definition) is 6. The fourth-order valence-corrected chi connectivity index (χ4v) is 6.06. The summed E-state index contributed by atoms with van der Waals surface area (Å²) in [5.74, 6) is 0. The van der Waals surface area contributed by atoms with E-state index in [1.165, 1.54) is 0 Å². The Morgan fingerprint density at radius 1 is 0.583 bits per heavy atom. The van der Waals surface area contributed by atoms with Gasteiger partial charge in [-0.1, -0.05) is 121 Å². The Balaban J connectivity index is 1.86. The molecule has 0 spiro atoms. The third kappa shape index (κ3) is 9.32. The quantitative estimate of drug-likeness (QED) is 0.0978. The molecule has 0 fully saturated rings. The topological polar surface area (TPSA) is 84.9 Å². The van der Waals surface area contributed by atoms with E-state index < -0.39 is 15.8 Å². The summed E-state index contributed by atoms with van der Waals surface area (Å²) in [7, 11) is -4.85. The van der Waals surface area contributed by atoms with E-state index in [9.17, 15) is 14.0 Å². The standard InChI is InChI=1S/C41H41ClN2O4/c1-5-30-43(31-6-2)38-25-21-35(22-26-38)40(34-16-11-9-12-17-34)20-15-29-41(48-42(45,46)47,36-18-13-10-14-19-36)37-23-27-39(28-24-37)44(32-7-3)33-8-4/h5-29H,1-4,30-33H2. The van der Waals surface area contributed by atoms with Gasteiger partial charge in [-0.15, -0.1) is 26.3 Å². The van der Waals surface area contributed by atoms with Crippen molar-refractivity contribution in [3.05, 3.63) is 200 Å². The molecule has 0 heterocycles. The zero-order chi connectivity index (χ0) is 34.4. The van der Waals surface area contributed by atoms with Crippen LogP contribution >= 0.6 is 0 Å². The van der Waals surface area contributed by atoms with Gasteiger partial charge in [0.1, 0.15) is 0 Å². The number of allylic oxidation sites excluding steroid dienone is 2. The van der Waals surface area contributed by atoms with Gasteiger partial charge in [-0.25, -0.2) is 0 Å². The third-order valence-corrected chi connectivity index (χ3v) is 8.13. The molecule has 246 valence electrons. The first-order chi connectivity index (χ1) is 23.2. The van der Waals surface area contributed by atoms with E-state index in [2.05, 4.69) is 36.1 Å². The van der Waals surface area contributed by atoms with Crippen molar-refractivity contribution >= 4 is 16.9 Å². The lowest BCUT2D eigenvalue weighted by atomic mass is 9.85. The molecule has 0 aromatic heterocycles. The van der Waals surface area contributed by atoms with E-state index >= 15 is 0 Å². The molecule has 4 rings (SSSR count). The van der Waals surface area contributed by atoms with Gasteiger partial charge in [0.25, 0.3) is 5.60 Å². The second-order valence-electron chi connectivity index (χ2n) is 10.9. The first-order valence-electron chi connectivity index (χ1n) is 15.5. The highest BCUT2D eigenvalue weighted by Crippen LogP contribution is 2.38. The van der Waals surface area contributed by atoms with Gasteiger partial charge in [-0.3, -0.25) is 0 Å². The average molecular weight is 661 g/mol. The van der Waals surface area contributed by atoms with Crippen molar-refractivity contribution in [1.29, 1.82) is 0 Å². The summed E-state index contributed by atoms with van der Waals surface area (Å²) in [4.78, 5) is 4.21. The third-order valence-electron chi connectivity index (χ3n) is 7.70. The molecular weight excluding hydrogens is 620 g/mol. The lowest BCUT2D eigenvalue weighted by molar-refractivity contribution is -1.92. The van der Waals surface area contributed by atoms with Gasteiger partial charge < -0.3 is 9.80 Å². The zero-order valence-corrected chi connectivity index (χ0v) is 27.8. The highest BCUT2D eigenvalue weighted by atomic mass is 35.7. The summed E-state index contributed by atoms with van der Waals surface area (Å²) in [5, 5.41) is 0. The summed E-state index contributed by atoms with van der Waals surface area (Å²) in [6, 6.07) is 34.2. The first kappa shape index (κ1) is 35.9. The molecule has 6 nitrogen and oxygen atoms in total. The van der Waals surface area contributed by atoms with Crippen molar-refractivity contribution in [2.75, 3.05) is 36.0 Å². The van der Waals surface area contributed by atoms with Gasteiger partial charge in [-0.2, -0.15) is 14.0 Å². The van der Waals surface area contributed by atoms with Crippen LogP contribution in [-0.4, -0.2) is 26.2 Å². The van der Waals surface area contributed by atoms with Crippen LogP contribution in [0.2, 0.25) is 0 Å². The summed E-state index contributed by atoms with van der Waals surface area (Å²) in [6.45, 7) is 18.0. The van der Waals surface area contributed by atoms with Crippen LogP contribution < -0.4 is 23.8 Å². The molecule has 0 aliphatic carbocycles. The minimum atomic E-state index is -4.85. The molecule has 4 aromatic rings. The van der Waals surface area contributed by atoms with Crippen LogP contribution in [0.5, 0.6) is 0 Å². The van der Waals surface area contributed by atoms with Crippen LogP contribution in [0.4, 0.5) is 11.4 Å². The van der Waals surface area contributed by atoms with Crippen molar-refractivity contribution in [2.45, 2.75) is 5.60 Å². The maximum atomic E-state index is 12.4. The molecular formula is C41H41ClN2O4. The van der Waals surface area contributed by atoms with Crippen LogP contribution in [0.15, 0.2) is 178 Å². The Hall–Kier alpha value is -4.95. The van der Waals surface area contributed by atoms with E-state index in [1.807, 2.05) is 91.0 Å². The lowest BCUT2D eigenvalue weighted by Crippen LogP contribution is -2.63. The van der Waals surface area contributed by atoms with E-state index in [0.29, 0.717) is 37.3 Å².